The number of hydrogen-bond acceptors (Lipinski definition) is 2. The van der Waals surface area contributed by atoms with E-state index in [-0.39, 0.29) is 11.3 Å². The Morgan fingerprint density at radius 1 is 1.39 bits per heavy atom. The van der Waals surface area contributed by atoms with E-state index in [2.05, 4.69) is 26.1 Å². The normalized spacial score (nSPS) is 24.6. The maximum absolute atomic E-state index is 12.0. The molecule has 0 saturated heterocycles. The molecule has 0 aromatic heterocycles. The second-order valence-corrected chi connectivity index (χ2v) is 6.58. The first-order valence-corrected chi connectivity index (χ1v) is 7.45. The van der Waals surface area contributed by atoms with E-state index < -0.39 is 0 Å². The van der Waals surface area contributed by atoms with Crippen LogP contribution in [-0.2, 0) is 4.79 Å². The summed E-state index contributed by atoms with van der Waals surface area (Å²) >= 11 is 0. The SMILES string of the molecule is CC(CCN)CCC(=O)NC1CCCCC1(C)C. The van der Waals surface area contributed by atoms with Crippen LogP contribution in [0.1, 0.15) is 65.7 Å². The topological polar surface area (TPSA) is 55.1 Å². The summed E-state index contributed by atoms with van der Waals surface area (Å²) in [7, 11) is 0. The van der Waals surface area contributed by atoms with Gasteiger partial charge < -0.3 is 11.1 Å². The molecule has 0 aromatic rings. The van der Waals surface area contributed by atoms with Crippen LogP contribution in [-0.4, -0.2) is 18.5 Å². The molecule has 1 aliphatic rings. The minimum Gasteiger partial charge on any atom is -0.353 e. The lowest BCUT2D eigenvalue weighted by Gasteiger charge is -2.39. The molecule has 2 atom stereocenters. The number of hydrogen-bond donors (Lipinski definition) is 2. The zero-order valence-electron chi connectivity index (χ0n) is 12.3. The molecule has 0 heterocycles. The fourth-order valence-electron chi connectivity index (χ4n) is 2.83. The number of nitrogens with one attached hydrogen (secondary N) is 1. The summed E-state index contributed by atoms with van der Waals surface area (Å²) in [5.74, 6) is 0.777. The molecular weight excluding hydrogens is 224 g/mol. The number of rotatable bonds is 6. The van der Waals surface area contributed by atoms with Gasteiger partial charge in [0.05, 0.1) is 0 Å². The van der Waals surface area contributed by atoms with Crippen LogP contribution >= 0.6 is 0 Å². The molecule has 0 spiro atoms. The van der Waals surface area contributed by atoms with Crippen molar-refractivity contribution in [1.29, 1.82) is 0 Å². The largest absolute Gasteiger partial charge is 0.353 e. The summed E-state index contributed by atoms with van der Waals surface area (Å²) in [6, 6.07) is 0.364. The lowest BCUT2D eigenvalue weighted by Crippen LogP contribution is -2.46. The van der Waals surface area contributed by atoms with Gasteiger partial charge in [-0.15, -0.1) is 0 Å². The molecule has 106 valence electrons. The van der Waals surface area contributed by atoms with Crippen LogP contribution in [0.15, 0.2) is 0 Å². The number of amides is 1. The molecule has 0 aliphatic heterocycles. The number of carbonyl (C=O) groups excluding carboxylic acids is 1. The van der Waals surface area contributed by atoms with E-state index in [4.69, 9.17) is 5.73 Å². The minimum absolute atomic E-state index is 0.221. The Bertz CT molecular complexity index is 263. The number of carbonyl (C=O) groups is 1. The van der Waals surface area contributed by atoms with Gasteiger partial charge in [-0.05, 0) is 43.6 Å². The highest BCUT2D eigenvalue weighted by molar-refractivity contribution is 5.76. The van der Waals surface area contributed by atoms with Gasteiger partial charge in [0.1, 0.15) is 0 Å². The third-order valence-corrected chi connectivity index (χ3v) is 4.37. The zero-order valence-corrected chi connectivity index (χ0v) is 12.3. The average Bonchev–Trinajstić information content (AvgIpc) is 2.30. The van der Waals surface area contributed by atoms with Gasteiger partial charge in [0.15, 0.2) is 0 Å². The molecule has 1 rings (SSSR count). The van der Waals surface area contributed by atoms with E-state index >= 15 is 0 Å². The summed E-state index contributed by atoms with van der Waals surface area (Å²) in [5.41, 5.74) is 5.78. The highest BCUT2D eigenvalue weighted by Gasteiger charge is 2.32. The Labute approximate surface area is 112 Å². The van der Waals surface area contributed by atoms with E-state index in [9.17, 15) is 4.79 Å². The van der Waals surface area contributed by atoms with Crippen molar-refractivity contribution < 1.29 is 4.79 Å². The Kier molecular flexibility index (Phi) is 6.13. The first-order valence-electron chi connectivity index (χ1n) is 7.45. The van der Waals surface area contributed by atoms with Gasteiger partial charge in [0.2, 0.25) is 5.91 Å². The van der Waals surface area contributed by atoms with Crippen molar-refractivity contribution in [3.05, 3.63) is 0 Å². The first kappa shape index (κ1) is 15.5. The van der Waals surface area contributed by atoms with E-state index in [1.54, 1.807) is 0 Å². The van der Waals surface area contributed by atoms with Gasteiger partial charge in [0.25, 0.3) is 0 Å². The van der Waals surface area contributed by atoms with Crippen LogP contribution in [0.3, 0.4) is 0 Å². The van der Waals surface area contributed by atoms with Crippen molar-refractivity contribution >= 4 is 5.91 Å². The van der Waals surface area contributed by atoms with E-state index in [1.807, 2.05) is 0 Å². The van der Waals surface area contributed by atoms with E-state index in [0.717, 1.165) is 25.8 Å². The second-order valence-electron chi connectivity index (χ2n) is 6.58. The lowest BCUT2D eigenvalue weighted by molar-refractivity contribution is -0.123. The molecule has 1 saturated carbocycles. The standard InChI is InChI=1S/C15H30N2O/c1-12(9-11-16)7-8-14(18)17-13-6-4-5-10-15(13,2)3/h12-13H,4-11,16H2,1-3H3,(H,17,18). The predicted octanol–water partition coefficient (Wildman–Crippen LogP) is 2.84. The molecule has 1 aliphatic carbocycles. The highest BCUT2D eigenvalue weighted by Crippen LogP contribution is 2.35. The molecule has 3 N–H and O–H groups in total. The van der Waals surface area contributed by atoms with Gasteiger partial charge in [-0.3, -0.25) is 4.79 Å². The number of nitrogens with two attached hydrogens (primary N) is 1. The summed E-state index contributed by atoms with van der Waals surface area (Å²) in [4.78, 5) is 12.0. The monoisotopic (exact) mass is 254 g/mol. The van der Waals surface area contributed by atoms with E-state index in [0.29, 0.717) is 18.4 Å². The molecule has 1 amide bonds. The molecular formula is C15H30N2O. The summed E-state index contributed by atoms with van der Waals surface area (Å²) in [6.45, 7) is 7.44. The zero-order chi connectivity index (χ0) is 13.6. The van der Waals surface area contributed by atoms with Crippen LogP contribution in [0.4, 0.5) is 0 Å². The quantitative estimate of drug-likeness (QED) is 0.766. The smallest absolute Gasteiger partial charge is 0.220 e. The third-order valence-electron chi connectivity index (χ3n) is 4.37. The van der Waals surface area contributed by atoms with Crippen molar-refractivity contribution in [1.82, 2.24) is 5.32 Å². The molecule has 0 aromatic carbocycles. The lowest BCUT2D eigenvalue weighted by atomic mass is 9.73. The first-order chi connectivity index (χ1) is 8.45. The molecule has 0 bridgehead atoms. The summed E-state index contributed by atoms with van der Waals surface area (Å²) < 4.78 is 0. The maximum atomic E-state index is 12.0. The minimum atomic E-state index is 0.221. The Hall–Kier alpha value is -0.570. The summed E-state index contributed by atoms with van der Waals surface area (Å²) in [5, 5.41) is 3.24. The fourth-order valence-corrected chi connectivity index (χ4v) is 2.83. The van der Waals surface area contributed by atoms with Gasteiger partial charge in [-0.25, -0.2) is 0 Å². The van der Waals surface area contributed by atoms with E-state index in [1.165, 1.54) is 19.3 Å². The molecule has 18 heavy (non-hydrogen) atoms. The van der Waals surface area contributed by atoms with Gasteiger partial charge in [0, 0.05) is 12.5 Å². The molecule has 3 nitrogen and oxygen atoms in total. The highest BCUT2D eigenvalue weighted by atomic mass is 16.1. The van der Waals surface area contributed by atoms with Crippen molar-refractivity contribution in [2.75, 3.05) is 6.54 Å². The average molecular weight is 254 g/mol. The molecule has 3 heteroatoms. The summed E-state index contributed by atoms with van der Waals surface area (Å²) in [6.07, 6.45) is 7.52. The fraction of sp³-hybridized carbons (Fsp3) is 0.933. The van der Waals surface area contributed by atoms with Crippen LogP contribution in [0, 0.1) is 11.3 Å². The molecule has 0 radical (unpaired) electrons. The van der Waals surface area contributed by atoms with Crippen molar-refractivity contribution in [3.63, 3.8) is 0 Å². The second kappa shape index (κ2) is 7.13. The van der Waals surface area contributed by atoms with Crippen molar-refractivity contribution in [2.45, 2.75) is 71.8 Å². The van der Waals surface area contributed by atoms with Crippen LogP contribution in [0.25, 0.3) is 0 Å². The van der Waals surface area contributed by atoms with Gasteiger partial charge in [-0.2, -0.15) is 0 Å². The van der Waals surface area contributed by atoms with Crippen LogP contribution < -0.4 is 11.1 Å². The Morgan fingerprint density at radius 2 is 2.11 bits per heavy atom. The molecule has 2 unspecified atom stereocenters. The third kappa shape index (κ3) is 4.97. The Balaban J connectivity index is 2.30. The van der Waals surface area contributed by atoms with Gasteiger partial charge in [-0.1, -0.05) is 33.6 Å². The van der Waals surface area contributed by atoms with Crippen LogP contribution in [0.5, 0.6) is 0 Å². The Morgan fingerprint density at radius 3 is 2.72 bits per heavy atom. The van der Waals surface area contributed by atoms with Crippen LogP contribution in [0.2, 0.25) is 0 Å². The maximum Gasteiger partial charge on any atom is 0.220 e. The van der Waals surface area contributed by atoms with Crippen molar-refractivity contribution in [2.24, 2.45) is 17.1 Å². The van der Waals surface area contributed by atoms with Gasteiger partial charge >= 0.3 is 0 Å². The van der Waals surface area contributed by atoms with Crippen molar-refractivity contribution in [3.8, 4) is 0 Å². The molecule has 1 fully saturated rings. The predicted molar refractivity (Wildman–Crippen MR) is 76.2 cm³/mol.